The Labute approximate surface area is 78.6 Å². The molecule has 2 N–H and O–H groups in total. The van der Waals surface area contributed by atoms with Gasteiger partial charge in [-0.25, -0.2) is 4.79 Å². The molecule has 0 unspecified atom stereocenters. The van der Waals surface area contributed by atoms with E-state index >= 15 is 0 Å². The molecular formula is C4H9CaNO2. The van der Waals surface area contributed by atoms with Crippen molar-refractivity contribution in [1.29, 1.82) is 0 Å². The SMILES string of the molecule is CCCOC(N)=O.[Ca]. The fourth-order valence-electron chi connectivity index (χ4n) is 0.203. The first-order chi connectivity index (χ1) is 3.27. The topological polar surface area (TPSA) is 52.3 Å². The van der Waals surface area contributed by atoms with Crippen molar-refractivity contribution in [2.24, 2.45) is 5.73 Å². The minimum atomic E-state index is -0.693. The van der Waals surface area contributed by atoms with Crippen molar-refractivity contribution in [3.63, 3.8) is 0 Å². The summed E-state index contributed by atoms with van der Waals surface area (Å²) in [6.07, 6.45) is 0.130. The third-order valence-corrected chi connectivity index (χ3v) is 0.448. The summed E-state index contributed by atoms with van der Waals surface area (Å²) in [5.41, 5.74) is 4.62. The zero-order chi connectivity index (χ0) is 5.70. The van der Waals surface area contributed by atoms with Crippen LogP contribution >= 0.6 is 0 Å². The van der Waals surface area contributed by atoms with Gasteiger partial charge in [0, 0.05) is 37.7 Å². The van der Waals surface area contributed by atoms with Crippen molar-refractivity contribution in [2.75, 3.05) is 6.61 Å². The van der Waals surface area contributed by atoms with Gasteiger partial charge in [-0.2, -0.15) is 0 Å². The van der Waals surface area contributed by atoms with E-state index in [9.17, 15) is 4.79 Å². The first-order valence-electron chi connectivity index (χ1n) is 2.19. The molecule has 0 fully saturated rings. The second-order valence-corrected chi connectivity index (χ2v) is 1.17. The van der Waals surface area contributed by atoms with Crippen LogP contribution in [0.1, 0.15) is 13.3 Å². The van der Waals surface area contributed by atoms with Crippen molar-refractivity contribution in [2.45, 2.75) is 13.3 Å². The molecule has 8 heavy (non-hydrogen) atoms. The standard InChI is InChI=1S/C4H9NO2.Ca/c1-2-3-7-4(5)6;/h2-3H2,1H3,(H2,5,6);. The largest absolute Gasteiger partial charge is 0.450 e. The maximum Gasteiger partial charge on any atom is 0.404 e. The zero-order valence-electron chi connectivity index (χ0n) is 5.02. The molecule has 0 bridgehead atoms. The molecular weight excluding hydrogens is 134 g/mol. The quantitative estimate of drug-likeness (QED) is 0.558. The van der Waals surface area contributed by atoms with Crippen molar-refractivity contribution < 1.29 is 9.53 Å². The Morgan fingerprint density at radius 1 is 1.75 bits per heavy atom. The predicted octanol–water partition coefficient (Wildman–Crippen LogP) is 0.111. The van der Waals surface area contributed by atoms with Gasteiger partial charge in [-0.1, -0.05) is 6.92 Å². The van der Waals surface area contributed by atoms with E-state index in [-0.39, 0.29) is 37.7 Å². The minimum Gasteiger partial charge on any atom is -0.450 e. The average Bonchev–Trinajstić information content (AvgIpc) is 1.61. The second kappa shape index (κ2) is 7.53. The van der Waals surface area contributed by atoms with E-state index in [1.54, 1.807) is 0 Å². The molecule has 0 aromatic rings. The first kappa shape index (κ1) is 11.3. The normalized spacial score (nSPS) is 7.12. The molecule has 0 aliphatic heterocycles. The number of primary amides is 1. The van der Waals surface area contributed by atoms with Gasteiger partial charge in [-0.15, -0.1) is 0 Å². The Morgan fingerprint density at radius 3 is 2.38 bits per heavy atom. The molecule has 0 atom stereocenters. The molecule has 1 amide bonds. The number of amides is 1. The summed E-state index contributed by atoms with van der Waals surface area (Å²) in [6, 6.07) is 0. The smallest absolute Gasteiger partial charge is 0.404 e. The van der Waals surface area contributed by atoms with Gasteiger partial charge in [-0.3, -0.25) is 0 Å². The van der Waals surface area contributed by atoms with E-state index in [0.717, 1.165) is 6.42 Å². The van der Waals surface area contributed by atoms with Crippen molar-refractivity contribution in [3.05, 3.63) is 0 Å². The van der Waals surface area contributed by atoms with Gasteiger partial charge in [0.2, 0.25) is 0 Å². The number of carbonyl (C=O) groups is 1. The maximum atomic E-state index is 9.76. The van der Waals surface area contributed by atoms with Crippen LogP contribution in [-0.4, -0.2) is 50.4 Å². The monoisotopic (exact) mass is 143 g/mol. The number of nitrogens with two attached hydrogens (primary N) is 1. The molecule has 0 spiro atoms. The third-order valence-electron chi connectivity index (χ3n) is 0.448. The Hall–Kier alpha value is 0.530. The molecule has 0 saturated heterocycles. The van der Waals surface area contributed by atoms with E-state index in [4.69, 9.17) is 0 Å². The summed E-state index contributed by atoms with van der Waals surface area (Å²) in [7, 11) is 0. The zero-order valence-corrected chi connectivity index (χ0v) is 7.22. The van der Waals surface area contributed by atoms with E-state index in [0.29, 0.717) is 6.61 Å². The molecule has 0 aromatic carbocycles. The third kappa shape index (κ3) is 9.73. The van der Waals surface area contributed by atoms with E-state index < -0.39 is 6.09 Å². The molecule has 0 aliphatic rings. The molecule has 3 nitrogen and oxygen atoms in total. The Morgan fingerprint density at radius 2 is 2.25 bits per heavy atom. The van der Waals surface area contributed by atoms with Crippen LogP contribution in [-0.2, 0) is 4.74 Å². The van der Waals surface area contributed by atoms with Gasteiger partial charge < -0.3 is 10.5 Å². The van der Waals surface area contributed by atoms with Crippen LogP contribution in [0.15, 0.2) is 0 Å². The molecule has 0 rings (SSSR count). The molecule has 0 aromatic heterocycles. The van der Waals surface area contributed by atoms with Crippen LogP contribution in [0.2, 0.25) is 0 Å². The minimum absolute atomic E-state index is 0. The molecule has 44 valence electrons. The molecule has 4 heteroatoms. The van der Waals surface area contributed by atoms with Crippen LogP contribution in [0.5, 0.6) is 0 Å². The van der Waals surface area contributed by atoms with Gasteiger partial charge in [-0.05, 0) is 6.42 Å². The maximum absolute atomic E-state index is 9.76. The first-order valence-corrected chi connectivity index (χ1v) is 2.19. The van der Waals surface area contributed by atoms with Crippen molar-refractivity contribution >= 4 is 43.8 Å². The number of carbonyl (C=O) groups excluding carboxylic acids is 1. The molecule has 2 radical (unpaired) electrons. The van der Waals surface area contributed by atoms with Crippen LogP contribution < -0.4 is 5.73 Å². The Bertz CT molecular complexity index is 67.1. The number of hydrogen-bond donors (Lipinski definition) is 1. The van der Waals surface area contributed by atoms with Crippen LogP contribution in [0.4, 0.5) is 4.79 Å². The van der Waals surface area contributed by atoms with E-state index in [1.807, 2.05) is 6.92 Å². The summed E-state index contributed by atoms with van der Waals surface area (Å²) in [5.74, 6) is 0. The number of ether oxygens (including phenoxy) is 1. The fourth-order valence-corrected chi connectivity index (χ4v) is 0.203. The van der Waals surface area contributed by atoms with E-state index in [2.05, 4.69) is 10.5 Å². The molecule has 0 saturated carbocycles. The van der Waals surface area contributed by atoms with Gasteiger partial charge in [0.25, 0.3) is 0 Å². The predicted molar refractivity (Wildman–Crippen MR) is 31.6 cm³/mol. The molecule has 0 aliphatic carbocycles. The number of rotatable bonds is 2. The summed E-state index contributed by atoms with van der Waals surface area (Å²) < 4.78 is 4.33. The summed E-state index contributed by atoms with van der Waals surface area (Å²) >= 11 is 0. The van der Waals surface area contributed by atoms with Crippen molar-refractivity contribution in [3.8, 4) is 0 Å². The Kier molecular flexibility index (Phi) is 10.7. The van der Waals surface area contributed by atoms with Gasteiger partial charge in [0.15, 0.2) is 0 Å². The van der Waals surface area contributed by atoms with E-state index in [1.165, 1.54) is 0 Å². The van der Waals surface area contributed by atoms with Crippen LogP contribution in [0.3, 0.4) is 0 Å². The summed E-state index contributed by atoms with van der Waals surface area (Å²) in [5, 5.41) is 0. The van der Waals surface area contributed by atoms with Crippen LogP contribution in [0, 0.1) is 0 Å². The Balaban J connectivity index is 0. The second-order valence-electron chi connectivity index (χ2n) is 1.17. The van der Waals surface area contributed by atoms with Gasteiger partial charge in [0.1, 0.15) is 0 Å². The van der Waals surface area contributed by atoms with Gasteiger partial charge >= 0.3 is 6.09 Å². The molecule has 0 heterocycles. The summed E-state index contributed by atoms with van der Waals surface area (Å²) in [6.45, 7) is 2.33. The fraction of sp³-hybridized carbons (Fsp3) is 0.750. The van der Waals surface area contributed by atoms with Gasteiger partial charge in [0.05, 0.1) is 6.61 Å². The summed E-state index contributed by atoms with van der Waals surface area (Å²) in [4.78, 5) is 9.76. The van der Waals surface area contributed by atoms with Crippen molar-refractivity contribution in [1.82, 2.24) is 0 Å². The van der Waals surface area contributed by atoms with Crippen LogP contribution in [0.25, 0.3) is 0 Å². The average molecular weight is 143 g/mol. The number of hydrogen-bond acceptors (Lipinski definition) is 2.